The van der Waals surface area contributed by atoms with Crippen molar-refractivity contribution < 1.29 is 27.9 Å². The van der Waals surface area contributed by atoms with Crippen LogP contribution < -0.4 is 5.56 Å². The van der Waals surface area contributed by atoms with E-state index in [-0.39, 0.29) is 63.4 Å². The molecule has 1 saturated heterocycles. The minimum absolute atomic E-state index is 0.0280. The number of amides is 2. The van der Waals surface area contributed by atoms with E-state index in [0.717, 1.165) is 49.4 Å². The molecule has 3 aromatic rings. The predicted molar refractivity (Wildman–Crippen MR) is 167 cm³/mol. The Bertz CT molecular complexity index is 1770. The largest absolute Gasteiger partial charge is 0.507 e. The molecule has 242 valence electrons. The molecule has 0 atom stereocenters. The van der Waals surface area contributed by atoms with Crippen molar-refractivity contribution in [1.29, 1.82) is 5.26 Å². The predicted octanol–water partition coefficient (Wildman–Crippen LogP) is 6.83. The summed E-state index contributed by atoms with van der Waals surface area (Å²) < 4.78 is 40.8. The fourth-order valence-electron chi connectivity index (χ4n) is 6.56. The molecule has 2 aliphatic rings. The number of alkyl halides is 3. The third kappa shape index (κ3) is 6.77. The lowest BCUT2D eigenvalue weighted by atomic mass is 9.90. The van der Waals surface area contributed by atoms with Crippen molar-refractivity contribution in [2.75, 3.05) is 20.1 Å². The molecule has 46 heavy (non-hydrogen) atoms. The number of rotatable bonds is 6. The molecular weight excluding hydrogens is 621 g/mol. The Morgan fingerprint density at radius 2 is 1.74 bits per heavy atom. The van der Waals surface area contributed by atoms with Crippen molar-refractivity contribution in [3.05, 3.63) is 74.0 Å². The zero-order valence-electron chi connectivity index (χ0n) is 25.5. The van der Waals surface area contributed by atoms with E-state index in [2.05, 4.69) is 4.98 Å². The number of benzene rings is 2. The zero-order valence-corrected chi connectivity index (χ0v) is 26.3. The van der Waals surface area contributed by atoms with Crippen molar-refractivity contribution in [3.63, 3.8) is 0 Å². The van der Waals surface area contributed by atoms with E-state index >= 15 is 0 Å². The second kappa shape index (κ2) is 13.2. The molecule has 2 aromatic carbocycles. The fraction of sp³-hybridized carbons (Fsp3) is 0.412. The van der Waals surface area contributed by atoms with E-state index in [4.69, 9.17) is 11.6 Å². The second-order valence-electron chi connectivity index (χ2n) is 12.1. The first kappa shape index (κ1) is 33.1. The van der Waals surface area contributed by atoms with Gasteiger partial charge in [0.05, 0.1) is 11.3 Å². The second-order valence-corrected chi connectivity index (χ2v) is 12.5. The number of nitrogens with zero attached hydrogens (tertiary/aromatic N) is 3. The molecule has 2 heterocycles. The van der Waals surface area contributed by atoms with Crippen LogP contribution >= 0.6 is 11.6 Å². The van der Waals surface area contributed by atoms with Gasteiger partial charge >= 0.3 is 6.18 Å². The summed E-state index contributed by atoms with van der Waals surface area (Å²) in [6, 6.07) is 9.43. The Labute approximate surface area is 269 Å². The molecule has 1 saturated carbocycles. The monoisotopic (exact) mass is 654 g/mol. The number of hydrogen-bond acceptors (Lipinski definition) is 5. The summed E-state index contributed by atoms with van der Waals surface area (Å²) in [6.45, 7) is 2.56. The highest BCUT2D eigenvalue weighted by molar-refractivity contribution is 6.33. The molecule has 1 aliphatic heterocycles. The molecule has 0 spiro atoms. The number of hydrogen-bond donors (Lipinski definition) is 2. The van der Waals surface area contributed by atoms with Crippen molar-refractivity contribution in [2.24, 2.45) is 5.92 Å². The van der Waals surface area contributed by atoms with Crippen LogP contribution in [0.1, 0.15) is 73.6 Å². The molecule has 2 fully saturated rings. The van der Waals surface area contributed by atoms with Crippen LogP contribution in [0, 0.1) is 17.2 Å². The SMILES string of the molecule is CC(=O)N1CCC(C(=O)N(C)Cc2cc(C3CCCC3)cc(-c3cc(-c4cc(C(F)(F)F)ccc4Cl)c(C#N)c(=O)[nH]3)c2O)CC1. The van der Waals surface area contributed by atoms with Crippen LogP contribution in [0.3, 0.4) is 0 Å². The number of likely N-dealkylation sites (tertiary alicyclic amines) is 1. The van der Waals surface area contributed by atoms with Gasteiger partial charge in [-0.15, -0.1) is 0 Å². The third-order valence-corrected chi connectivity index (χ3v) is 9.46. The number of halogens is 4. The minimum atomic E-state index is -4.69. The van der Waals surface area contributed by atoms with Crippen LogP contribution in [-0.2, 0) is 22.3 Å². The van der Waals surface area contributed by atoms with Gasteiger partial charge in [-0.25, -0.2) is 0 Å². The number of nitriles is 1. The first-order chi connectivity index (χ1) is 21.8. The smallest absolute Gasteiger partial charge is 0.416 e. The highest BCUT2D eigenvalue weighted by Gasteiger charge is 2.32. The quantitative estimate of drug-likeness (QED) is 0.302. The normalized spacial score (nSPS) is 16.0. The van der Waals surface area contributed by atoms with Crippen LogP contribution in [0.4, 0.5) is 13.2 Å². The van der Waals surface area contributed by atoms with E-state index in [9.17, 15) is 37.9 Å². The van der Waals surface area contributed by atoms with Crippen LogP contribution in [0.2, 0.25) is 5.02 Å². The molecule has 1 aliphatic carbocycles. The van der Waals surface area contributed by atoms with Gasteiger partial charge in [0.2, 0.25) is 11.8 Å². The molecule has 2 amide bonds. The summed E-state index contributed by atoms with van der Waals surface area (Å²) in [5.74, 6) is -0.426. The number of carbonyl (C=O) groups excluding carboxylic acids is 2. The molecule has 0 bridgehead atoms. The first-order valence-electron chi connectivity index (χ1n) is 15.2. The summed E-state index contributed by atoms with van der Waals surface area (Å²) in [4.78, 5) is 44.2. The highest BCUT2D eigenvalue weighted by atomic mass is 35.5. The van der Waals surface area contributed by atoms with Gasteiger partial charge in [0.15, 0.2) is 0 Å². The van der Waals surface area contributed by atoms with Gasteiger partial charge in [-0.1, -0.05) is 24.4 Å². The van der Waals surface area contributed by atoms with Gasteiger partial charge in [-0.3, -0.25) is 14.4 Å². The molecular formula is C34H34ClF3N4O4. The molecule has 0 unspecified atom stereocenters. The first-order valence-corrected chi connectivity index (χ1v) is 15.6. The number of phenols is 1. The number of aromatic hydroxyl groups is 1. The number of H-pyrrole nitrogens is 1. The summed E-state index contributed by atoms with van der Waals surface area (Å²) >= 11 is 6.31. The molecule has 1 aromatic heterocycles. The molecule has 12 heteroatoms. The number of pyridine rings is 1. The number of nitrogens with one attached hydrogen (secondary N) is 1. The summed E-state index contributed by atoms with van der Waals surface area (Å²) in [5.41, 5.74) is -0.844. The topological polar surface area (TPSA) is 117 Å². The summed E-state index contributed by atoms with van der Waals surface area (Å²) in [5, 5.41) is 21.3. The van der Waals surface area contributed by atoms with Crippen molar-refractivity contribution in [2.45, 2.75) is 64.1 Å². The molecule has 8 nitrogen and oxygen atoms in total. The number of phenolic OH excluding ortho intramolecular Hbond substituents is 1. The third-order valence-electron chi connectivity index (χ3n) is 9.13. The summed E-state index contributed by atoms with van der Waals surface area (Å²) in [6.07, 6.45) is 0.279. The Hall–Kier alpha value is -4.30. The average Bonchev–Trinajstić information content (AvgIpc) is 3.56. The van der Waals surface area contributed by atoms with Crippen molar-refractivity contribution >= 4 is 23.4 Å². The highest BCUT2D eigenvalue weighted by Crippen LogP contribution is 2.42. The van der Waals surface area contributed by atoms with E-state index in [1.54, 1.807) is 29.0 Å². The number of carbonyl (C=O) groups is 2. The van der Waals surface area contributed by atoms with Gasteiger partial charge in [-0.2, -0.15) is 18.4 Å². The van der Waals surface area contributed by atoms with E-state index in [0.29, 0.717) is 31.5 Å². The van der Waals surface area contributed by atoms with Crippen molar-refractivity contribution in [1.82, 2.24) is 14.8 Å². The Morgan fingerprint density at radius 1 is 1.07 bits per heavy atom. The zero-order chi connectivity index (χ0) is 33.3. The van der Waals surface area contributed by atoms with Gasteiger partial charge < -0.3 is 19.9 Å². The van der Waals surface area contributed by atoms with Crippen LogP contribution in [-0.4, -0.2) is 51.8 Å². The fourth-order valence-corrected chi connectivity index (χ4v) is 6.78. The number of piperidine rings is 1. The van der Waals surface area contributed by atoms with Crippen LogP contribution in [0.25, 0.3) is 22.4 Å². The Morgan fingerprint density at radius 3 is 2.35 bits per heavy atom. The van der Waals surface area contributed by atoms with Gasteiger partial charge in [0.25, 0.3) is 5.56 Å². The Balaban J connectivity index is 1.57. The van der Waals surface area contributed by atoms with E-state index in [1.165, 1.54) is 13.0 Å². The molecule has 5 rings (SSSR count). The van der Waals surface area contributed by atoms with Crippen molar-refractivity contribution in [3.8, 4) is 34.2 Å². The number of aromatic nitrogens is 1. The van der Waals surface area contributed by atoms with E-state index in [1.807, 2.05) is 6.07 Å². The average molecular weight is 655 g/mol. The maximum Gasteiger partial charge on any atom is 0.416 e. The van der Waals surface area contributed by atoms with Gasteiger partial charge in [0.1, 0.15) is 17.4 Å². The summed E-state index contributed by atoms with van der Waals surface area (Å²) in [7, 11) is 1.65. The lowest BCUT2D eigenvalue weighted by Crippen LogP contribution is -2.42. The van der Waals surface area contributed by atoms with Crippen LogP contribution in [0.15, 0.2) is 41.2 Å². The van der Waals surface area contributed by atoms with Gasteiger partial charge in [-0.05, 0) is 73.6 Å². The number of aromatic amines is 1. The lowest BCUT2D eigenvalue weighted by Gasteiger charge is -2.32. The lowest BCUT2D eigenvalue weighted by molar-refractivity contribution is -0.139. The minimum Gasteiger partial charge on any atom is -0.507 e. The maximum atomic E-state index is 13.6. The standard InChI is InChI=1S/C34H34ClF3N4O4/c1-19(43)42-11-9-21(10-12-42)33(46)41(2)18-23-13-22(20-5-3-4-6-20)14-27(31(23)44)30-16-25(28(17-39)32(45)40-30)26-15-24(34(36,37)38)7-8-29(26)35/h7-8,13-16,20-21,44H,3-6,9-12,18H2,1-2H3,(H,40,45). The molecule has 0 radical (unpaired) electrons. The van der Waals surface area contributed by atoms with Gasteiger partial charge in [0, 0.05) is 66.8 Å². The maximum absolute atomic E-state index is 13.6. The molecule has 2 N–H and O–H groups in total. The van der Waals surface area contributed by atoms with E-state index < -0.39 is 22.9 Å². The van der Waals surface area contributed by atoms with Crippen LogP contribution in [0.5, 0.6) is 5.75 Å². The Kier molecular flexibility index (Phi) is 9.49.